The van der Waals surface area contributed by atoms with Crippen LogP contribution < -0.4 is 0 Å². The number of rotatable bonds is 4. The first-order chi connectivity index (χ1) is 12.8. The Bertz CT molecular complexity index is 788. The van der Waals surface area contributed by atoms with Gasteiger partial charge in [0.15, 0.2) is 0 Å². The molecule has 3 rings (SSSR count). The number of ether oxygens (including phenoxy) is 1. The number of hydrogen-bond acceptors (Lipinski definition) is 3. The molecular formula is C21H23ClF3NO2. The third-order valence-electron chi connectivity index (χ3n) is 5.28. The van der Waals surface area contributed by atoms with Crippen LogP contribution in [0.25, 0.3) is 0 Å². The molecule has 28 heavy (non-hydrogen) atoms. The molecule has 0 spiro atoms. The Morgan fingerprint density at radius 2 is 1.71 bits per heavy atom. The van der Waals surface area contributed by atoms with E-state index in [1.807, 2.05) is 30.3 Å². The average molecular weight is 414 g/mol. The normalized spacial score (nSPS) is 16.9. The highest BCUT2D eigenvalue weighted by Crippen LogP contribution is 2.39. The molecule has 0 aliphatic carbocycles. The average Bonchev–Trinajstić information content (AvgIpc) is 2.68. The summed E-state index contributed by atoms with van der Waals surface area (Å²) in [5.74, 6) is -0.471. The summed E-state index contributed by atoms with van der Waals surface area (Å²) in [5.41, 5.74) is -0.232. The number of carbonyl (C=O) groups is 1. The van der Waals surface area contributed by atoms with Gasteiger partial charge in [0.1, 0.15) is 0 Å². The van der Waals surface area contributed by atoms with Crippen molar-refractivity contribution in [2.24, 2.45) is 0 Å². The van der Waals surface area contributed by atoms with Crippen molar-refractivity contribution in [3.8, 4) is 0 Å². The standard InChI is InChI=1S/C21H22F3NO2.ClH/c1-27-19(26)20(17-8-5-9-18(14-17)21(22,23)24)10-12-25(13-11-20)15-16-6-3-2-4-7-16;/h2-9,14H,10-13,15H2,1H3;1H. The van der Waals surface area contributed by atoms with Gasteiger partial charge in [-0.1, -0.05) is 48.5 Å². The van der Waals surface area contributed by atoms with Gasteiger partial charge in [-0.15, -0.1) is 12.4 Å². The summed E-state index contributed by atoms with van der Waals surface area (Å²) in [6.45, 7) is 1.97. The number of esters is 1. The molecule has 0 radical (unpaired) electrons. The molecular weight excluding hydrogens is 391 g/mol. The van der Waals surface area contributed by atoms with Crippen LogP contribution in [0.4, 0.5) is 13.2 Å². The van der Waals surface area contributed by atoms with Crippen molar-refractivity contribution in [3.05, 3.63) is 71.3 Å². The number of likely N-dealkylation sites (tertiary alicyclic amines) is 1. The van der Waals surface area contributed by atoms with Gasteiger partial charge in [0.05, 0.1) is 18.1 Å². The quantitative estimate of drug-likeness (QED) is 0.672. The van der Waals surface area contributed by atoms with Crippen molar-refractivity contribution >= 4 is 18.4 Å². The van der Waals surface area contributed by atoms with Crippen molar-refractivity contribution in [2.45, 2.75) is 31.0 Å². The van der Waals surface area contributed by atoms with Crippen LogP contribution in [-0.4, -0.2) is 31.1 Å². The van der Waals surface area contributed by atoms with Gasteiger partial charge in [-0.05, 0) is 43.1 Å². The van der Waals surface area contributed by atoms with Gasteiger partial charge >= 0.3 is 12.1 Å². The van der Waals surface area contributed by atoms with E-state index in [0.29, 0.717) is 31.5 Å². The first kappa shape index (κ1) is 22.2. The first-order valence-corrected chi connectivity index (χ1v) is 8.87. The largest absolute Gasteiger partial charge is 0.468 e. The molecule has 0 bridgehead atoms. The van der Waals surface area contributed by atoms with Crippen LogP contribution in [0, 0.1) is 0 Å². The van der Waals surface area contributed by atoms with E-state index in [-0.39, 0.29) is 12.4 Å². The zero-order chi connectivity index (χ0) is 19.5. The van der Waals surface area contributed by atoms with Crippen molar-refractivity contribution in [1.82, 2.24) is 4.90 Å². The van der Waals surface area contributed by atoms with E-state index in [9.17, 15) is 18.0 Å². The lowest BCUT2D eigenvalue weighted by Gasteiger charge is -2.40. The molecule has 0 unspecified atom stereocenters. The van der Waals surface area contributed by atoms with Crippen LogP contribution in [0.2, 0.25) is 0 Å². The second-order valence-electron chi connectivity index (χ2n) is 6.91. The molecule has 1 fully saturated rings. The van der Waals surface area contributed by atoms with Gasteiger partial charge in [-0.25, -0.2) is 0 Å². The lowest BCUT2D eigenvalue weighted by atomic mass is 9.72. The highest BCUT2D eigenvalue weighted by molar-refractivity contribution is 5.85. The van der Waals surface area contributed by atoms with Crippen molar-refractivity contribution < 1.29 is 22.7 Å². The van der Waals surface area contributed by atoms with Crippen LogP contribution in [0.3, 0.4) is 0 Å². The molecule has 0 N–H and O–H groups in total. The Morgan fingerprint density at radius 3 is 2.29 bits per heavy atom. The van der Waals surface area contributed by atoms with Gasteiger partial charge in [-0.2, -0.15) is 13.2 Å². The van der Waals surface area contributed by atoms with E-state index in [0.717, 1.165) is 18.7 Å². The molecule has 7 heteroatoms. The van der Waals surface area contributed by atoms with E-state index in [2.05, 4.69) is 4.90 Å². The molecule has 1 heterocycles. The maximum Gasteiger partial charge on any atom is 0.416 e. The third-order valence-corrected chi connectivity index (χ3v) is 5.28. The number of piperidine rings is 1. The summed E-state index contributed by atoms with van der Waals surface area (Å²) >= 11 is 0. The van der Waals surface area contributed by atoms with Gasteiger partial charge in [-0.3, -0.25) is 9.69 Å². The zero-order valence-electron chi connectivity index (χ0n) is 15.5. The van der Waals surface area contributed by atoms with Crippen LogP contribution in [-0.2, 0) is 27.7 Å². The van der Waals surface area contributed by atoms with Gasteiger partial charge in [0.25, 0.3) is 0 Å². The Balaban J connectivity index is 0.00000280. The maximum atomic E-state index is 13.1. The van der Waals surface area contributed by atoms with E-state index in [1.165, 1.54) is 18.7 Å². The molecule has 1 saturated heterocycles. The van der Waals surface area contributed by atoms with E-state index in [1.54, 1.807) is 6.07 Å². The first-order valence-electron chi connectivity index (χ1n) is 8.87. The Kier molecular flexibility index (Phi) is 7.12. The smallest absolute Gasteiger partial charge is 0.416 e. The summed E-state index contributed by atoms with van der Waals surface area (Å²) in [6, 6.07) is 15.0. The molecule has 2 aromatic rings. The second-order valence-corrected chi connectivity index (χ2v) is 6.91. The number of nitrogens with zero attached hydrogens (tertiary/aromatic N) is 1. The van der Waals surface area contributed by atoms with Gasteiger partial charge < -0.3 is 4.74 Å². The van der Waals surface area contributed by atoms with E-state index in [4.69, 9.17) is 4.74 Å². The molecule has 0 saturated carbocycles. The highest BCUT2D eigenvalue weighted by Gasteiger charge is 2.45. The minimum Gasteiger partial charge on any atom is -0.468 e. The fourth-order valence-corrected chi connectivity index (χ4v) is 3.73. The Labute approximate surface area is 168 Å². The second kappa shape index (κ2) is 8.97. The van der Waals surface area contributed by atoms with Crippen molar-refractivity contribution in [1.29, 1.82) is 0 Å². The topological polar surface area (TPSA) is 29.5 Å². The van der Waals surface area contributed by atoms with Crippen LogP contribution >= 0.6 is 12.4 Å². The molecule has 152 valence electrons. The molecule has 2 aromatic carbocycles. The fraction of sp³-hybridized carbons (Fsp3) is 0.381. The molecule has 0 amide bonds. The SMILES string of the molecule is COC(=O)C1(c2cccc(C(F)(F)F)c2)CCN(Cc2ccccc2)CC1.Cl. The van der Waals surface area contributed by atoms with Gasteiger partial charge in [0, 0.05) is 6.54 Å². The number of hydrogen-bond donors (Lipinski definition) is 0. The number of benzene rings is 2. The summed E-state index contributed by atoms with van der Waals surface area (Å²) in [4.78, 5) is 14.8. The minimum absolute atomic E-state index is 0. The lowest BCUT2D eigenvalue weighted by molar-refractivity contribution is -0.150. The van der Waals surface area contributed by atoms with Crippen LogP contribution in [0.15, 0.2) is 54.6 Å². The molecule has 0 atom stereocenters. The predicted molar refractivity (Wildman–Crippen MR) is 103 cm³/mol. The van der Waals surface area contributed by atoms with Crippen LogP contribution in [0.1, 0.15) is 29.5 Å². The summed E-state index contributed by atoms with van der Waals surface area (Å²) < 4.78 is 44.4. The fourth-order valence-electron chi connectivity index (χ4n) is 3.73. The molecule has 3 nitrogen and oxygen atoms in total. The number of carbonyl (C=O) groups excluding carboxylic acids is 1. The Morgan fingerprint density at radius 1 is 1.07 bits per heavy atom. The lowest BCUT2D eigenvalue weighted by Crippen LogP contribution is -2.47. The van der Waals surface area contributed by atoms with E-state index >= 15 is 0 Å². The summed E-state index contributed by atoms with van der Waals surface area (Å²) in [5, 5.41) is 0. The maximum absolute atomic E-state index is 13.1. The third kappa shape index (κ3) is 4.67. The van der Waals surface area contributed by atoms with Crippen molar-refractivity contribution in [3.63, 3.8) is 0 Å². The number of alkyl halides is 3. The number of methoxy groups -OCH3 is 1. The molecule has 0 aromatic heterocycles. The monoisotopic (exact) mass is 413 g/mol. The summed E-state index contributed by atoms with van der Waals surface area (Å²) in [7, 11) is 1.29. The van der Waals surface area contributed by atoms with Gasteiger partial charge in [0.2, 0.25) is 0 Å². The summed E-state index contributed by atoms with van der Waals surface area (Å²) in [6.07, 6.45) is -3.59. The van der Waals surface area contributed by atoms with Crippen LogP contribution in [0.5, 0.6) is 0 Å². The number of halogens is 4. The van der Waals surface area contributed by atoms with E-state index < -0.39 is 23.1 Å². The highest BCUT2D eigenvalue weighted by atomic mass is 35.5. The Hall–Kier alpha value is -2.05. The van der Waals surface area contributed by atoms with Crippen molar-refractivity contribution in [2.75, 3.05) is 20.2 Å². The molecule has 1 aliphatic heterocycles. The minimum atomic E-state index is -4.44. The predicted octanol–water partition coefficient (Wildman–Crippen LogP) is 4.83. The molecule has 1 aliphatic rings. The zero-order valence-corrected chi connectivity index (χ0v) is 16.4.